The molecule has 0 saturated carbocycles. The summed E-state index contributed by atoms with van der Waals surface area (Å²) in [6.07, 6.45) is 1.91. The minimum atomic E-state index is -0.179. The number of aryl methyl sites for hydroxylation is 1. The Hall–Kier alpha value is -1.26. The van der Waals surface area contributed by atoms with Crippen molar-refractivity contribution in [2.75, 3.05) is 6.54 Å². The lowest BCUT2D eigenvalue weighted by Gasteiger charge is -2.03. The van der Waals surface area contributed by atoms with Crippen molar-refractivity contribution in [1.29, 1.82) is 0 Å². The van der Waals surface area contributed by atoms with Crippen molar-refractivity contribution in [3.05, 3.63) is 51.7 Å². The van der Waals surface area contributed by atoms with Gasteiger partial charge >= 0.3 is 0 Å². The molecule has 0 spiro atoms. The maximum atomic E-state index is 12.7. The largest absolute Gasteiger partial charge is 0.311 e. The molecule has 2 rings (SSSR count). The van der Waals surface area contributed by atoms with Gasteiger partial charge in [-0.1, -0.05) is 19.1 Å². The van der Waals surface area contributed by atoms with Gasteiger partial charge in [-0.15, -0.1) is 11.3 Å². The topological polar surface area (TPSA) is 24.9 Å². The van der Waals surface area contributed by atoms with E-state index in [0.29, 0.717) is 0 Å². The summed E-state index contributed by atoms with van der Waals surface area (Å²) in [5.41, 5.74) is 2.26. The molecule has 1 aromatic heterocycles. The van der Waals surface area contributed by atoms with Crippen LogP contribution in [0.4, 0.5) is 4.39 Å². The number of hydrogen-bond acceptors (Lipinski definition) is 3. The fourth-order valence-corrected chi connectivity index (χ4v) is 2.44. The zero-order chi connectivity index (χ0) is 12.8. The van der Waals surface area contributed by atoms with E-state index in [9.17, 15) is 4.39 Å². The molecular formula is C14H17FN2S. The van der Waals surface area contributed by atoms with Crippen molar-refractivity contribution in [1.82, 2.24) is 10.3 Å². The van der Waals surface area contributed by atoms with Gasteiger partial charge in [0.1, 0.15) is 5.82 Å². The number of halogens is 1. The van der Waals surface area contributed by atoms with Crippen molar-refractivity contribution >= 4 is 11.3 Å². The van der Waals surface area contributed by atoms with Crippen molar-refractivity contribution in [3.8, 4) is 0 Å². The van der Waals surface area contributed by atoms with Crippen LogP contribution in [0.2, 0.25) is 0 Å². The van der Waals surface area contributed by atoms with Crippen molar-refractivity contribution < 1.29 is 4.39 Å². The van der Waals surface area contributed by atoms with Gasteiger partial charge in [0.05, 0.1) is 10.7 Å². The van der Waals surface area contributed by atoms with Gasteiger partial charge in [-0.3, -0.25) is 0 Å². The molecule has 0 aliphatic heterocycles. The Morgan fingerprint density at radius 3 is 2.72 bits per heavy atom. The zero-order valence-electron chi connectivity index (χ0n) is 10.4. The van der Waals surface area contributed by atoms with Crippen LogP contribution in [0.15, 0.2) is 29.6 Å². The van der Waals surface area contributed by atoms with E-state index >= 15 is 0 Å². The van der Waals surface area contributed by atoms with E-state index in [0.717, 1.165) is 37.2 Å². The Labute approximate surface area is 111 Å². The third kappa shape index (κ3) is 3.89. The minimum absolute atomic E-state index is 0.179. The number of nitrogens with one attached hydrogen (secondary N) is 1. The Balaban J connectivity index is 1.71. The summed E-state index contributed by atoms with van der Waals surface area (Å²) in [4.78, 5) is 4.49. The average molecular weight is 264 g/mol. The summed E-state index contributed by atoms with van der Waals surface area (Å²) < 4.78 is 12.7. The molecule has 0 atom stereocenters. The standard InChI is InChI=1S/C14H17FN2S/c1-2-14-17-13(10-18-14)9-16-8-7-11-3-5-12(15)6-4-11/h3-6,10,16H,2,7-9H2,1H3. The molecule has 0 amide bonds. The average Bonchev–Trinajstić information content (AvgIpc) is 2.85. The molecule has 1 heterocycles. The highest BCUT2D eigenvalue weighted by atomic mass is 32.1. The van der Waals surface area contributed by atoms with E-state index in [1.807, 2.05) is 12.1 Å². The van der Waals surface area contributed by atoms with Crippen LogP contribution in [0, 0.1) is 5.82 Å². The highest BCUT2D eigenvalue weighted by molar-refractivity contribution is 7.09. The molecule has 0 radical (unpaired) electrons. The first-order valence-electron chi connectivity index (χ1n) is 6.16. The second-order valence-electron chi connectivity index (χ2n) is 4.14. The maximum absolute atomic E-state index is 12.7. The predicted octanol–water partition coefficient (Wildman–Crippen LogP) is 3.18. The molecule has 0 aliphatic rings. The Morgan fingerprint density at radius 2 is 2.06 bits per heavy atom. The molecule has 1 aromatic carbocycles. The van der Waals surface area contributed by atoms with Gasteiger partial charge in [0.2, 0.25) is 0 Å². The smallest absolute Gasteiger partial charge is 0.123 e. The predicted molar refractivity (Wildman–Crippen MR) is 73.3 cm³/mol. The molecule has 0 bridgehead atoms. The quantitative estimate of drug-likeness (QED) is 0.811. The van der Waals surface area contributed by atoms with E-state index in [2.05, 4.69) is 22.6 Å². The van der Waals surface area contributed by atoms with Gasteiger partial charge < -0.3 is 5.32 Å². The SMILES string of the molecule is CCc1nc(CNCCc2ccc(F)cc2)cs1. The number of rotatable bonds is 6. The maximum Gasteiger partial charge on any atom is 0.123 e. The molecule has 18 heavy (non-hydrogen) atoms. The molecule has 0 saturated heterocycles. The lowest BCUT2D eigenvalue weighted by Crippen LogP contribution is -2.16. The van der Waals surface area contributed by atoms with Gasteiger partial charge in [-0.05, 0) is 37.1 Å². The number of nitrogens with zero attached hydrogens (tertiary/aromatic N) is 1. The van der Waals surface area contributed by atoms with Gasteiger partial charge in [0, 0.05) is 11.9 Å². The highest BCUT2D eigenvalue weighted by Gasteiger charge is 1.99. The third-order valence-electron chi connectivity index (χ3n) is 2.71. The summed E-state index contributed by atoms with van der Waals surface area (Å²) in [5, 5.41) is 6.64. The highest BCUT2D eigenvalue weighted by Crippen LogP contribution is 2.09. The van der Waals surface area contributed by atoms with Crippen LogP contribution in [0.5, 0.6) is 0 Å². The molecule has 4 heteroatoms. The molecule has 2 aromatic rings. The Kier molecular flexibility index (Phi) is 4.84. The van der Waals surface area contributed by atoms with Crippen LogP contribution >= 0.6 is 11.3 Å². The first-order valence-corrected chi connectivity index (χ1v) is 7.04. The molecular weight excluding hydrogens is 247 g/mol. The van der Waals surface area contributed by atoms with Crippen LogP contribution in [0.3, 0.4) is 0 Å². The zero-order valence-corrected chi connectivity index (χ0v) is 11.3. The fourth-order valence-electron chi connectivity index (χ4n) is 1.69. The first-order chi connectivity index (χ1) is 8.78. The van der Waals surface area contributed by atoms with Crippen LogP contribution in [0.25, 0.3) is 0 Å². The summed E-state index contributed by atoms with van der Waals surface area (Å²) >= 11 is 1.71. The molecule has 0 aliphatic carbocycles. The number of aromatic nitrogens is 1. The normalized spacial score (nSPS) is 10.8. The van der Waals surface area contributed by atoms with Crippen LogP contribution < -0.4 is 5.32 Å². The summed E-state index contributed by atoms with van der Waals surface area (Å²) in [5.74, 6) is -0.179. The minimum Gasteiger partial charge on any atom is -0.311 e. The van der Waals surface area contributed by atoms with Crippen molar-refractivity contribution in [3.63, 3.8) is 0 Å². The van der Waals surface area contributed by atoms with Gasteiger partial charge in [-0.25, -0.2) is 9.37 Å². The first kappa shape index (κ1) is 13.2. The lowest BCUT2D eigenvalue weighted by atomic mass is 10.1. The molecule has 96 valence electrons. The number of thiazole rings is 1. The Morgan fingerprint density at radius 1 is 1.28 bits per heavy atom. The molecule has 0 fully saturated rings. The van der Waals surface area contributed by atoms with Crippen molar-refractivity contribution in [2.45, 2.75) is 26.3 Å². The second-order valence-corrected chi connectivity index (χ2v) is 5.08. The summed E-state index contributed by atoms with van der Waals surface area (Å²) in [6, 6.07) is 6.66. The second kappa shape index (κ2) is 6.61. The van der Waals surface area contributed by atoms with E-state index in [4.69, 9.17) is 0 Å². The van der Waals surface area contributed by atoms with Crippen molar-refractivity contribution in [2.24, 2.45) is 0 Å². The van der Waals surface area contributed by atoms with Crippen LogP contribution in [-0.2, 0) is 19.4 Å². The van der Waals surface area contributed by atoms with E-state index in [1.54, 1.807) is 11.3 Å². The van der Waals surface area contributed by atoms with Gasteiger partial charge in [0.25, 0.3) is 0 Å². The van der Waals surface area contributed by atoms with E-state index in [-0.39, 0.29) is 5.82 Å². The van der Waals surface area contributed by atoms with Crippen LogP contribution in [0.1, 0.15) is 23.2 Å². The summed E-state index contributed by atoms with van der Waals surface area (Å²) in [6.45, 7) is 3.80. The fraction of sp³-hybridized carbons (Fsp3) is 0.357. The third-order valence-corrected chi connectivity index (χ3v) is 3.75. The van der Waals surface area contributed by atoms with Crippen LogP contribution in [-0.4, -0.2) is 11.5 Å². The number of hydrogen-bond donors (Lipinski definition) is 1. The van der Waals surface area contributed by atoms with Gasteiger partial charge in [0.15, 0.2) is 0 Å². The van der Waals surface area contributed by atoms with E-state index in [1.165, 1.54) is 17.1 Å². The number of benzene rings is 1. The molecule has 0 unspecified atom stereocenters. The molecule has 2 nitrogen and oxygen atoms in total. The lowest BCUT2D eigenvalue weighted by molar-refractivity contribution is 0.625. The molecule has 1 N–H and O–H groups in total. The van der Waals surface area contributed by atoms with E-state index < -0.39 is 0 Å². The monoisotopic (exact) mass is 264 g/mol. The Bertz CT molecular complexity index is 479. The van der Waals surface area contributed by atoms with Gasteiger partial charge in [-0.2, -0.15) is 0 Å². The summed E-state index contributed by atoms with van der Waals surface area (Å²) in [7, 11) is 0.